The van der Waals surface area contributed by atoms with Gasteiger partial charge in [0, 0.05) is 30.0 Å². The van der Waals surface area contributed by atoms with Crippen molar-refractivity contribution in [3.63, 3.8) is 0 Å². The first-order valence-corrected chi connectivity index (χ1v) is 12.6. The van der Waals surface area contributed by atoms with E-state index in [0.717, 1.165) is 59.5 Å². The Morgan fingerprint density at radius 3 is 2.53 bits per heavy atom. The Hall–Kier alpha value is -3.12. The van der Waals surface area contributed by atoms with E-state index in [1.54, 1.807) is 0 Å². The third-order valence-corrected chi connectivity index (χ3v) is 7.09. The first-order valence-electron chi connectivity index (χ1n) is 11.8. The summed E-state index contributed by atoms with van der Waals surface area (Å²) in [6.45, 7) is 5.10. The molecule has 5 nitrogen and oxygen atoms in total. The number of aromatic nitrogens is 2. The SMILES string of the molecule is Cc1ccc(Cn2c(N3CCC(C(=O)NCc4cccc(Br)c4)CC3)nc3ccccc32)cc1. The number of benzene rings is 3. The number of nitrogens with one attached hydrogen (secondary N) is 1. The highest BCUT2D eigenvalue weighted by atomic mass is 79.9. The van der Waals surface area contributed by atoms with Crippen LogP contribution in [0.1, 0.15) is 29.5 Å². The van der Waals surface area contributed by atoms with Gasteiger partial charge < -0.3 is 14.8 Å². The van der Waals surface area contributed by atoms with Crippen LogP contribution >= 0.6 is 15.9 Å². The Balaban J connectivity index is 1.28. The summed E-state index contributed by atoms with van der Waals surface area (Å²) in [5.74, 6) is 1.18. The number of amides is 1. The number of imidazole rings is 1. The average molecular weight is 517 g/mol. The molecule has 4 aromatic rings. The Morgan fingerprint density at radius 2 is 1.76 bits per heavy atom. The Morgan fingerprint density at radius 1 is 1.00 bits per heavy atom. The quantitative estimate of drug-likeness (QED) is 0.358. The predicted octanol–water partition coefficient (Wildman–Crippen LogP) is 5.69. The molecule has 1 fully saturated rings. The van der Waals surface area contributed by atoms with E-state index < -0.39 is 0 Å². The molecule has 34 heavy (non-hydrogen) atoms. The van der Waals surface area contributed by atoms with Gasteiger partial charge in [0.05, 0.1) is 17.6 Å². The summed E-state index contributed by atoms with van der Waals surface area (Å²) in [5, 5.41) is 3.12. The van der Waals surface area contributed by atoms with Gasteiger partial charge in [-0.05, 0) is 55.2 Å². The lowest BCUT2D eigenvalue weighted by Gasteiger charge is -2.32. The summed E-state index contributed by atoms with van der Waals surface area (Å²) in [6.07, 6.45) is 1.66. The van der Waals surface area contributed by atoms with Crippen LogP contribution in [-0.2, 0) is 17.9 Å². The van der Waals surface area contributed by atoms with Gasteiger partial charge in [0.15, 0.2) is 0 Å². The van der Waals surface area contributed by atoms with Crippen LogP contribution in [0, 0.1) is 12.8 Å². The molecule has 1 aliphatic heterocycles. The lowest BCUT2D eigenvalue weighted by Crippen LogP contribution is -2.41. The fourth-order valence-corrected chi connectivity index (χ4v) is 5.10. The number of nitrogens with zero attached hydrogens (tertiary/aromatic N) is 3. The molecule has 1 saturated heterocycles. The fraction of sp³-hybridized carbons (Fsp3) is 0.286. The normalized spacial score (nSPS) is 14.5. The maximum absolute atomic E-state index is 12.8. The van der Waals surface area contributed by atoms with Gasteiger partial charge >= 0.3 is 0 Å². The monoisotopic (exact) mass is 516 g/mol. The van der Waals surface area contributed by atoms with Crippen LogP contribution in [0.3, 0.4) is 0 Å². The molecule has 1 aliphatic rings. The largest absolute Gasteiger partial charge is 0.352 e. The molecule has 3 aromatic carbocycles. The van der Waals surface area contributed by atoms with Crippen LogP contribution in [0.25, 0.3) is 11.0 Å². The summed E-state index contributed by atoms with van der Waals surface area (Å²) < 4.78 is 3.34. The van der Waals surface area contributed by atoms with Gasteiger partial charge in [0.25, 0.3) is 0 Å². The van der Waals surface area contributed by atoms with Crippen molar-refractivity contribution in [3.05, 3.63) is 94.0 Å². The number of para-hydroxylation sites is 2. The molecule has 0 aliphatic carbocycles. The van der Waals surface area contributed by atoms with E-state index in [2.05, 4.69) is 80.1 Å². The maximum Gasteiger partial charge on any atom is 0.223 e. The molecule has 0 spiro atoms. The molecule has 6 heteroatoms. The fourth-order valence-electron chi connectivity index (χ4n) is 4.66. The Kier molecular flexibility index (Phi) is 6.68. The van der Waals surface area contributed by atoms with Crippen molar-refractivity contribution in [3.8, 4) is 0 Å². The molecule has 0 radical (unpaired) electrons. The highest BCUT2D eigenvalue weighted by molar-refractivity contribution is 9.10. The number of anilines is 1. The first-order chi connectivity index (χ1) is 16.6. The van der Waals surface area contributed by atoms with Crippen molar-refractivity contribution >= 4 is 38.8 Å². The van der Waals surface area contributed by atoms with Crippen molar-refractivity contribution in [1.82, 2.24) is 14.9 Å². The zero-order valence-corrected chi connectivity index (χ0v) is 21.0. The van der Waals surface area contributed by atoms with Crippen LogP contribution in [0.15, 0.2) is 77.3 Å². The second-order valence-electron chi connectivity index (χ2n) is 9.08. The van der Waals surface area contributed by atoms with Crippen LogP contribution < -0.4 is 10.2 Å². The zero-order chi connectivity index (χ0) is 23.5. The van der Waals surface area contributed by atoms with E-state index in [1.807, 2.05) is 30.3 Å². The molecule has 0 unspecified atom stereocenters. The molecule has 0 bridgehead atoms. The van der Waals surface area contributed by atoms with E-state index in [4.69, 9.17) is 4.98 Å². The van der Waals surface area contributed by atoms with Crippen LogP contribution in [0.5, 0.6) is 0 Å². The standard InChI is InChI=1S/C28H29BrN4O/c1-20-9-11-21(12-10-20)19-33-26-8-3-2-7-25(26)31-28(33)32-15-13-23(14-16-32)27(34)30-18-22-5-4-6-24(29)17-22/h2-12,17,23H,13-16,18-19H2,1H3,(H,30,34). The van der Waals surface area contributed by atoms with Gasteiger partial charge in [0.1, 0.15) is 0 Å². The van der Waals surface area contributed by atoms with Gasteiger partial charge in [-0.25, -0.2) is 4.98 Å². The first kappa shape index (κ1) is 22.7. The summed E-state index contributed by atoms with van der Waals surface area (Å²) >= 11 is 3.49. The zero-order valence-electron chi connectivity index (χ0n) is 19.4. The molecule has 1 amide bonds. The predicted molar refractivity (Wildman–Crippen MR) is 141 cm³/mol. The molecule has 0 atom stereocenters. The third kappa shape index (κ3) is 5.02. The van der Waals surface area contributed by atoms with E-state index >= 15 is 0 Å². The molecule has 1 N–H and O–H groups in total. The third-order valence-electron chi connectivity index (χ3n) is 6.60. The van der Waals surface area contributed by atoms with Gasteiger partial charge in [-0.1, -0.05) is 70.0 Å². The van der Waals surface area contributed by atoms with E-state index in [9.17, 15) is 4.79 Å². The van der Waals surface area contributed by atoms with Crippen molar-refractivity contribution in [1.29, 1.82) is 0 Å². The van der Waals surface area contributed by atoms with Crippen molar-refractivity contribution in [2.75, 3.05) is 18.0 Å². The average Bonchev–Trinajstić information content (AvgIpc) is 3.22. The number of hydrogen-bond acceptors (Lipinski definition) is 3. The van der Waals surface area contributed by atoms with Gasteiger partial charge in [-0.15, -0.1) is 0 Å². The number of carbonyl (C=O) groups is 1. The summed E-state index contributed by atoms with van der Waals surface area (Å²) in [4.78, 5) is 20.1. The number of piperidine rings is 1. The lowest BCUT2D eigenvalue weighted by molar-refractivity contribution is -0.125. The molecular weight excluding hydrogens is 488 g/mol. The lowest BCUT2D eigenvalue weighted by atomic mass is 9.96. The summed E-state index contributed by atoms with van der Waals surface area (Å²) in [6, 6.07) is 25.1. The maximum atomic E-state index is 12.8. The summed E-state index contributed by atoms with van der Waals surface area (Å²) in [7, 11) is 0. The van der Waals surface area contributed by atoms with Gasteiger partial charge in [-0.2, -0.15) is 0 Å². The smallest absolute Gasteiger partial charge is 0.223 e. The number of aryl methyl sites for hydroxylation is 1. The molecule has 1 aromatic heterocycles. The highest BCUT2D eigenvalue weighted by Crippen LogP contribution is 2.28. The molecule has 2 heterocycles. The van der Waals surface area contributed by atoms with Crippen molar-refractivity contribution < 1.29 is 4.79 Å². The molecule has 174 valence electrons. The van der Waals surface area contributed by atoms with E-state index in [1.165, 1.54) is 11.1 Å². The molecule has 0 saturated carbocycles. The molecule has 5 rings (SSSR count). The van der Waals surface area contributed by atoms with E-state index in [-0.39, 0.29) is 11.8 Å². The van der Waals surface area contributed by atoms with Crippen LogP contribution in [0.2, 0.25) is 0 Å². The van der Waals surface area contributed by atoms with Gasteiger partial charge in [-0.3, -0.25) is 4.79 Å². The van der Waals surface area contributed by atoms with Crippen molar-refractivity contribution in [2.24, 2.45) is 5.92 Å². The van der Waals surface area contributed by atoms with Crippen molar-refractivity contribution in [2.45, 2.75) is 32.9 Å². The number of fused-ring (bicyclic) bond motifs is 1. The second-order valence-corrected chi connectivity index (χ2v) is 10.00. The molecular formula is C28H29BrN4O. The van der Waals surface area contributed by atoms with Gasteiger partial charge in [0.2, 0.25) is 11.9 Å². The highest BCUT2D eigenvalue weighted by Gasteiger charge is 2.27. The van der Waals surface area contributed by atoms with E-state index in [0.29, 0.717) is 6.54 Å². The second kappa shape index (κ2) is 10.0. The number of carbonyl (C=O) groups excluding carboxylic acids is 1. The van der Waals surface area contributed by atoms with Crippen LogP contribution in [-0.4, -0.2) is 28.5 Å². The number of rotatable bonds is 6. The Bertz CT molecular complexity index is 1290. The number of hydrogen-bond donors (Lipinski definition) is 1. The summed E-state index contributed by atoms with van der Waals surface area (Å²) in [5.41, 5.74) is 5.78. The van der Waals surface area contributed by atoms with Crippen LogP contribution in [0.4, 0.5) is 5.95 Å². The minimum atomic E-state index is 0.0401. The number of halogens is 1. The Labute approximate surface area is 208 Å². The topological polar surface area (TPSA) is 50.2 Å². The minimum Gasteiger partial charge on any atom is -0.352 e. The minimum absolute atomic E-state index is 0.0401.